The average Bonchev–Trinajstić information content (AvgIpc) is 2.61. The van der Waals surface area contributed by atoms with Crippen LogP contribution in [0.1, 0.15) is 39.0 Å². The topological polar surface area (TPSA) is 43.4 Å². The second kappa shape index (κ2) is 3.37. The maximum Gasteiger partial charge on any atom is 0.312 e. The predicted octanol–water partition coefficient (Wildman–Crippen LogP) is 1.70. The Morgan fingerprint density at radius 2 is 2.43 bits per heavy atom. The molecule has 0 bridgehead atoms. The third-order valence-corrected chi connectivity index (χ3v) is 3.63. The molecule has 0 saturated heterocycles. The first-order valence-electron chi connectivity index (χ1n) is 5.38. The Labute approximate surface area is 83.8 Å². The Bertz CT molecular complexity index is 272. The molecular weight excluding hydrogens is 180 g/mol. The van der Waals surface area contributed by atoms with Crippen molar-refractivity contribution in [3.05, 3.63) is 0 Å². The lowest BCUT2D eigenvalue weighted by Crippen LogP contribution is -2.32. The van der Waals surface area contributed by atoms with Gasteiger partial charge >= 0.3 is 5.97 Å². The second-order valence-electron chi connectivity index (χ2n) is 4.39. The SMILES string of the molecule is CCOC(=O)C12CCCC1CC(=O)C2. The van der Waals surface area contributed by atoms with E-state index >= 15 is 0 Å². The smallest absolute Gasteiger partial charge is 0.312 e. The number of hydrogen-bond donors (Lipinski definition) is 0. The average molecular weight is 196 g/mol. The fourth-order valence-corrected chi connectivity index (χ4v) is 2.99. The van der Waals surface area contributed by atoms with Gasteiger partial charge in [0.15, 0.2) is 0 Å². The highest BCUT2D eigenvalue weighted by Crippen LogP contribution is 2.53. The molecule has 0 aromatic rings. The van der Waals surface area contributed by atoms with Gasteiger partial charge in [0.2, 0.25) is 0 Å². The molecular formula is C11H16O3. The standard InChI is InChI=1S/C11H16O3/c1-2-14-10(13)11-5-3-4-8(11)6-9(12)7-11/h8H,2-7H2,1H3. The maximum absolute atomic E-state index is 11.8. The lowest BCUT2D eigenvalue weighted by atomic mass is 9.80. The van der Waals surface area contributed by atoms with Crippen molar-refractivity contribution in [1.29, 1.82) is 0 Å². The largest absolute Gasteiger partial charge is 0.466 e. The molecule has 3 nitrogen and oxygen atoms in total. The molecule has 0 heterocycles. The first-order chi connectivity index (χ1) is 6.69. The number of Topliss-reactive ketones (excluding diaryl/α,β-unsaturated/α-hetero) is 1. The van der Waals surface area contributed by atoms with Gasteiger partial charge in [0, 0.05) is 12.8 Å². The summed E-state index contributed by atoms with van der Waals surface area (Å²) in [5.41, 5.74) is -0.424. The van der Waals surface area contributed by atoms with Crippen LogP contribution in [0.3, 0.4) is 0 Å². The zero-order valence-electron chi connectivity index (χ0n) is 8.54. The molecule has 14 heavy (non-hydrogen) atoms. The van der Waals surface area contributed by atoms with Crippen molar-refractivity contribution in [2.45, 2.75) is 39.0 Å². The first-order valence-corrected chi connectivity index (χ1v) is 5.38. The van der Waals surface area contributed by atoms with Crippen molar-refractivity contribution < 1.29 is 14.3 Å². The molecule has 2 saturated carbocycles. The van der Waals surface area contributed by atoms with Gasteiger partial charge in [0.05, 0.1) is 12.0 Å². The maximum atomic E-state index is 11.8. The van der Waals surface area contributed by atoms with Gasteiger partial charge < -0.3 is 4.74 Å². The molecule has 2 atom stereocenters. The van der Waals surface area contributed by atoms with Crippen LogP contribution in [0.5, 0.6) is 0 Å². The molecule has 78 valence electrons. The molecule has 0 amide bonds. The Kier molecular flexibility index (Phi) is 2.33. The zero-order valence-corrected chi connectivity index (χ0v) is 8.54. The fraction of sp³-hybridized carbons (Fsp3) is 0.818. The van der Waals surface area contributed by atoms with E-state index < -0.39 is 5.41 Å². The number of ketones is 1. The summed E-state index contributed by atoms with van der Waals surface area (Å²) >= 11 is 0. The lowest BCUT2D eigenvalue weighted by Gasteiger charge is -2.25. The predicted molar refractivity (Wildman–Crippen MR) is 50.6 cm³/mol. The van der Waals surface area contributed by atoms with Crippen LogP contribution in [0, 0.1) is 11.3 Å². The van der Waals surface area contributed by atoms with Gasteiger partial charge in [-0.25, -0.2) is 0 Å². The third-order valence-electron chi connectivity index (χ3n) is 3.63. The van der Waals surface area contributed by atoms with Gasteiger partial charge in [-0.2, -0.15) is 0 Å². The highest BCUT2D eigenvalue weighted by Gasteiger charge is 2.55. The van der Waals surface area contributed by atoms with Gasteiger partial charge in [0.1, 0.15) is 5.78 Å². The van der Waals surface area contributed by atoms with E-state index in [4.69, 9.17) is 4.74 Å². The van der Waals surface area contributed by atoms with Crippen LogP contribution in [-0.2, 0) is 14.3 Å². The van der Waals surface area contributed by atoms with E-state index in [9.17, 15) is 9.59 Å². The number of hydrogen-bond acceptors (Lipinski definition) is 3. The minimum atomic E-state index is -0.424. The summed E-state index contributed by atoms with van der Waals surface area (Å²) in [6.45, 7) is 2.23. The van der Waals surface area contributed by atoms with Crippen LogP contribution in [0.4, 0.5) is 0 Å². The van der Waals surface area contributed by atoms with Crippen LogP contribution in [0.25, 0.3) is 0 Å². The van der Waals surface area contributed by atoms with Gasteiger partial charge in [-0.3, -0.25) is 9.59 Å². The molecule has 0 N–H and O–H groups in total. The van der Waals surface area contributed by atoms with E-state index in [0.717, 1.165) is 19.3 Å². The normalized spacial score (nSPS) is 35.8. The monoisotopic (exact) mass is 196 g/mol. The summed E-state index contributed by atoms with van der Waals surface area (Å²) in [6, 6.07) is 0. The summed E-state index contributed by atoms with van der Waals surface area (Å²) in [5.74, 6) is 0.380. The van der Waals surface area contributed by atoms with E-state index in [1.54, 1.807) is 0 Å². The van der Waals surface area contributed by atoms with Gasteiger partial charge in [-0.1, -0.05) is 6.42 Å². The van der Waals surface area contributed by atoms with Crippen LogP contribution in [0.2, 0.25) is 0 Å². The molecule has 0 aromatic heterocycles. The van der Waals surface area contributed by atoms with E-state index in [2.05, 4.69) is 0 Å². The summed E-state index contributed by atoms with van der Waals surface area (Å²) in [5, 5.41) is 0. The van der Waals surface area contributed by atoms with Crippen molar-refractivity contribution >= 4 is 11.8 Å². The molecule has 2 rings (SSSR count). The zero-order chi connectivity index (χ0) is 10.2. The van der Waals surface area contributed by atoms with E-state index in [-0.39, 0.29) is 17.7 Å². The van der Waals surface area contributed by atoms with Crippen LogP contribution in [-0.4, -0.2) is 18.4 Å². The Morgan fingerprint density at radius 1 is 1.64 bits per heavy atom. The highest BCUT2D eigenvalue weighted by molar-refractivity contribution is 5.91. The van der Waals surface area contributed by atoms with Gasteiger partial charge in [-0.15, -0.1) is 0 Å². The number of fused-ring (bicyclic) bond motifs is 1. The summed E-state index contributed by atoms with van der Waals surface area (Å²) in [7, 11) is 0. The minimum Gasteiger partial charge on any atom is -0.466 e. The molecule has 2 aliphatic rings. The van der Waals surface area contributed by atoms with E-state index in [1.165, 1.54) is 0 Å². The Hall–Kier alpha value is -0.860. The number of esters is 1. The molecule has 0 spiro atoms. The van der Waals surface area contributed by atoms with Crippen molar-refractivity contribution in [3.8, 4) is 0 Å². The van der Waals surface area contributed by atoms with Crippen molar-refractivity contribution in [1.82, 2.24) is 0 Å². The Balaban J connectivity index is 2.19. The molecule has 0 radical (unpaired) electrons. The highest BCUT2D eigenvalue weighted by atomic mass is 16.5. The number of rotatable bonds is 2. The summed E-state index contributed by atoms with van der Waals surface area (Å²) in [4.78, 5) is 23.2. The lowest BCUT2D eigenvalue weighted by molar-refractivity contribution is -0.157. The summed E-state index contributed by atoms with van der Waals surface area (Å²) < 4.78 is 5.09. The van der Waals surface area contributed by atoms with Crippen molar-refractivity contribution in [3.63, 3.8) is 0 Å². The minimum absolute atomic E-state index is 0.131. The number of carbonyl (C=O) groups is 2. The first kappa shape index (κ1) is 9.69. The molecule has 2 unspecified atom stereocenters. The second-order valence-corrected chi connectivity index (χ2v) is 4.39. The number of carbonyl (C=O) groups excluding carboxylic acids is 2. The van der Waals surface area contributed by atoms with E-state index in [0.29, 0.717) is 19.4 Å². The van der Waals surface area contributed by atoms with Crippen molar-refractivity contribution in [2.75, 3.05) is 6.61 Å². The molecule has 0 aromatic carbocycles. The summed E-state index contributed by atoms with van der Waals surface area (Å²) in [6.07, 6.45) is 3.96. The molecule has 2 fully saturated rings. The number of ether oxygens (including phenoxy) is 1. The quantitative estimate of drug-likeness (QED) is 0.631. The molecule has 0 aliphatic heterocycles. The van der Waals surface area contributed by atoms with Crippen molar-refractivity contribution in [2.24, 2.45) is 11.3 Å². The molecule has 2 aliphatic carbocycles. The van der Waals surface area contributed by atoms with Gasteiger partial charge in [-0.05, 0) is 25.7 Å². The van der Waals surface area contributed by atoms with Crippen LogP contribution < -0.4 is 0 Å². The van der Waals surface area contributed by atoms with Crippen LogP contribution in [0.15, 0.2) is 0 Å². The Morgan fingerprint density at radius 3 is 3.14 bits per heavy atom. The third kappa shape index (κ3) is 1.26. The fourth-order valence-electron chi connectivity index (χ4n) is 2.99. The van der Waals surface area contributed by atoms with Crippen LogP contribution >= 0.6 is 0 Å². The van der Waals surface area contributed by atoms with E-state index in [1.807, 2.05) is 6.92 Å². The molecule has 3 heteroatoms. The van der Waals surface area contributed by atoms with Gasteiger partial charge in [0.25, 0.3) is 0 Å².